The van der Waals surface area contributed by atoms with Crippen LogP contribution in [0.2, 0.25) is 0 Å². The van der Waals surface area contributed by atoms with Crippen molar-refractivity contribution >= 4 is 29.7 Å². The molecule has 2 unspecified atom stereocenters. The molecule has 2 atom stereocenters. The number of hydrogen-bond acceptors (Lipinski definition) is 8. The Bertz CT molecular complexity index is 946. The minimum absolute atomic E-state index is 0.0743. The van der Waals surface area contributed by atoms with Crippen molar-refractivity contribution in [2.24, 2.45) is 4.99 Å². The minimum atomic E-state index is -1.15. The first kappa shape index (κ1) is 34.3. The Hall–Kier alpha value is -3.70. The molecule has 3 rings (SSSR count). The lowest BCUT2D eigenvalue weighted by Crippen LogP contribution is -2.53. The highest BCUT2D eigenvalue weighted by atomic mass is 19.1. The van der Waals surface area contributed by atoms with Gasteiger partial charge in [0.2, 0.25) is 11.8 Å². The normalized spacial score (nSPS) is 16.1. The summed E-state index contributed by atoms with van der Waals surface area (Å²) in [6.07, 6.45) is 2.72. The van der Waals surface area contributed by atoms with E-state index in [2.05, 4.69) is 47.0 Å². The van der Waals surface area contributed by atoms with E-state index >= 15 is 0 Å². The molecule has 0 aliphatic carbocycles. The number of likely N-dealkylation sites (tertiary alicyclic amines) is 1. The fourth-order valence-electron chi connectivity index (χ4n) is 3.67. The molecule has 1 fully saturated rings. The third-order valence-corrected chi connectivity index (χ3v) is 5.58. The Labute approximate surface area is 236 Å². The lowest BCUT2D eigenvalue weighted by molar-refractivity contribution is -0.139. The van der Waals surface area contributed by atoms with E-state index in [1.54, 1.807) is 0 Å². The molecule has 0 spiro atoms. The van der Waals surface area contributed by atoms with Gasteiger partial charge in [-0.05, 0) is 31.7 Å². The van der Waals surface area contributed by atoms with Crippen LogP contribution in [0.3, 0.4) is 0 Å². The molecule has 0 bridgehead atoms. The summed E-state index contributed by atoms with van der Waals surface area (Å²) in [7, 11) is 0. The highest BCUT2D eigenvalue weighted by Crippen LogP contribution is 2.18. The van der Waals surface area contributed by atoms with Crippen LogP contribution in [0.15, 0.2) is 35.3 Å². The first-order valence-corrected chi connectivity index (χ1v) is 13.9. The molecule has 2 aliphatic heterocycles. The van der Waals surface area contributed by atoms with Gasteiger partial charge in [-0.25, -0.2) is 9.18 Å². The first-order chi connectivity index (χ1) is 19.3. The summed E-state index contributed by atoms with van der Waals surface area (Å²) >= 11 is 0. The molecule has 4 N–H and O–H groups in total. The van der Waals surface area contributed by atoms with Gasteiger partial charge in [-0.1, -0.05) is 57.5 Å². The van der Waals surface area contributed by atoms with Crippen LogP contribution in [0.4, 0.5) is 9.18 Å². The van der Waals surface area contributed by atoms with Crippen molar-refractivity contribution in [3.8, 4) is 0 Å². The molecular weight excluding hydrogens is 519 g/mol. The topological polar surface area (TPSA) is 141 Å². The highest BCUT2D eigenvalue weighted by molar-refractivity contribution is 5.93. The lowest BCUT2D eigenvalue weighted by Gasteiger charge is -2.26. The lowest BCUT2D eigenvalue weighted by atomic mass is 10.2. The molecule has 40 heavy (non-hydrogen) atoms. The third kappa shape index (κ3) is 13.4. The number of hydrogen-bond donors (Lipinski definition) is 4. The van der Waals surface area contributed by atoms with Crippen molar-refractivity contribution in [2.45, 2.75) is 72.1 Å². The summed E-state index contributed by atoms with van der Waals surface area (Å²) in [5.74, 6) is -0.699. The largest absolute Gasteiger partial charge is 0.445 e. The van der Waals surface area contributed by atoms with E-state index in [0.29, 0.717) is 19.4 Å². The van der Waals surface area contributed by atoms with Gasteiger partial charge in [0.1, 0.15) is 25.4 Å². The van der Waals surface area contributed by atoms with Crippen molar-refractivity contribution in [3.05, 3.63) is 35.9 Å². The number of carbonyl (C=O) groups is 4. The standard InChI is InChI=1S/C19H24FN3O5.C6H13N3.C3H8/c1-13(22-19(27)28-12-14-6-3-2-4-7-14)18(26)23-9-5-8-16(23)17(25)21-11-15(24)10-20;1-2-3-7-6-8-4-5-9-6;1-3-2/h2-4,6-7,13,16H,5,8-12H2,1H3,(H,21,25)(H,22,27);2-5H2,1H3,(H2,7,8,9);3H2,1-2H3. The maximum atomic E-state index is 12.6. The second-order valence-corrected chi connectivity index (χ2v) is 9.30. The zero-order valence-corrected chi connectivity index (χ0v) is 24.1. The van der Waals surface area contributed by atoms with Crippen molar-refractivity contribution < 1.29 is 28.3 Å². The second-order valence-electron chi connectivity index (χ2n) is 9.30. The number of alkyl carbamates (subject to hydrolysis) is 1. The van der Waals surface area contributed by atoms with Gasteiger partial charge in [0.15, 0.2) is 11.7 Å². The summed E-state index contributed by atoms with van der Waals surface area (Å²) in [5, 5.41) is 11.1. The maximum Gasteiger partial charge on any atom is 0.408 e. The summed E-state index contributed by atoms with van der Waals surface area (Å²) in [4.78, 5) is 53.3. The van der Waals surface area contributed by atoms with E-state index in [9.17, 15) is 23.6 Å². The Morgan fingerprint density at radius 3 is 2.48 bits per heavy atom. The first-order valence-electron chi connectivity index (χ1n) is 13.9. The molecule has 0 radical (unpaired) electrons. The van der Waals surface area contributed by atoms with Gasteiger partial charge in [0.25, 0.3) is 0 Å². The van der Waals surface area contributed by atoms with E-state index in [1.807, 2.05) is 30.3 Å². The minimum Gasteiger partial charge on any atom is -0.445 e. The molecule has 0 aromatic heterocycles. The number of halogens is 1. The Morgan fingerprint density at radius 1 is 1.18 bits per heavy atom. The zero-order chi connectivity index (χ0) is 29.8. The molecule has 11 nitrogen and oxygen atoms in total. The highest BCUT2D eigenvalue weighted by Gasteiger charge is 2.36. The molecule has 3 amide bonds. The molecule has 0 saturated carbocycles. The van der Waals surface area contributed by atoms with Gasteiger partial charge in [0, 0.05) is 19.6 Å². The van der Waals surface area contributed by atoms with Crippen LogP contribution in [-0.4, -0.2) is 86.0 Å². The van der Waals surface area contributed by atoms with E-state index in [1.165, 1.54) is 18.2 Å². The number of Topliss-reactive ketones (excluding diaryl/α,β-unsaturated/α-hetero) is 1. The molecule has 1 aromatic carbocycles. The average Bonchev–Trinajstić information content (AvgIpc) is 3.67. The summed E-state index contributed by atoms with van der Waals surface area (Å²) in [6, 6.07) is 7.48. The van der Waals surface area contributed by atoms with Gasteiger partial charge in [0.05, 0.1) is 13.1 Å². The number of ketones is 1. The smallest absolute Gasteiger partial charge is 0.408 e. The van der Waals surface area contributed by atoms with Crippen LogP contribution < -0.4 is 21.3 Å². The van der Waals surface area contributed by atoms with Crippen LogP contribution in [0.5, 0.6) is 0 Å². The van der Waals surface area contributed by atoms with E-state index in [-0.39, 0.29) is 6.61 Å². The summed E-state index contributed by atoms with van der Waals surface area (Å²) < 4.78 is 17.3. The summed E-state index contributed by atoms with van der Waals surface area (Å²) in [5.41, 5.74) is 0.815. The number of ether oxygens (including phenoxy) is 1. The molecule has 224 valence electrons. The van der Waals surface area contributed by atoms with Gasteiger partial charge in [-0.15, -0.1) is 0 Å². The number of rotatable bonds is 10. The number of benzene rings is 1. The average molecular weight is 565 g/mol. The van der Waals surface area contributed by atoms with Crippen LogP contribution in [0.25, 0.3) is 0 Å². The van der Waals surface area contributed by atoms with Gasteiger partial charge in [-0.3, -0.25) is 19.4 Å². The Morgan fingerprint density at radius 2 is 1.88 bits per heavy atom. The fraction of sp³-hybridized carbons (Fsp3) is 0.607. The maximum absolute atomic E-state index is 12.6. The molecule has 2 aliphatic rings. The molecule has 1 aromatic rings. The predicted octanol–water partition coefficient (Wildman–Crippen LogP) is 2.31. The predicted molar refractivity (Wildman–Crippen MR) is 153 cm³/mol. The number of guanidine groups is 1. The third-order valence-electron chi connectivity index (χ3n) is 5.58. The van der Waals surface area contributed by atoms with Crippen LogP contribution in [-0.2, 0) is 25.7 Å². The number of amides is 3. The van der Waals surface area contributed by atoms with Gasteiger partial charge >= 0.3 is 6.09 Å². The second kappa shape index (κ2) is 20.2. The van der Waals surface area contributed by atoms with E-state index in [0.717, 1.165) is 37.6 Å². The number of nitrogens with one attached hydrogen (secondary N) is 4. The Kier molecular flexibility index (Phi) is 17.4. The van der Waals surface area contributed by atoms with E-state index in [4.69, 9.17) is 4.74 Å². The monoisotopic (exact) mass is 564 g/mol. The SMILES string of the molecule is CC(NC(=O)OCc1ccccc1)C(=O)N1CCCC1C(=O)NCC(=O)CF.CCC.CCCNC1=NCCN1. The van der Waals surface area contributed by atoms with Crippen molar-refractivity contribution in [3.63, 3.8) is 0 Å². The number of aliphatic imine (C=N–C) groups is 1. The van der Waals surface area contributed by atoms with Crippen LogP contribution in [0.1, 0.15) is 58.9 Å². The Balaban J connectivity index is 0.000000552. The van der Waals surface area contributed by atoms with Gasteiger partial charge in [-0.2, -0.15) is 0 Å². The quantitative estimate of drug-likeness (QED) is 0.342. The van der Waals surface area contributed by atoms with Gasteiger partial charge < -0.3 is 30.9 Å². The zero-order valence-electron chi connectivity index (χ0n) is 24.1. The van der Waals surface area contributed by atoms with Crippen molar-refractivity contribution in [1.29, 1.82) is 0 Å². The molecule has 2 heterocycles. The van der Waals surface area contributed by atoms with Crippen LogP contribution >= 0.6 is 0 Å². The van der Waals surface area contributed by atoms with Crippen LogP contribution in [0, 0.1) is 0 Å². The number of nitrogens with zero attached hydrogens (tertiary/aromatic N) is 2. The summed E-state index contributed by atoms with van der Waals surface area (Å²) in [6.45, 7) is 9.70. The van der Waals surface area contributed by atoms with E-state index < -0.39 is 49.0 Å². The van der Waals surface area contributed by atoms with Crippen molar-refractivity contribution in [1.82, 2.24) is 26.2 Å². The molecular formula is C28H45FN6O5. The number of alkyl halides is 1. The van der Waals surface area contributed by atoms with Crippen molar-refractivity contribution in [2.75, 3.05) is 39.4 Å². The fourth-order valence-corrected chi connectivity index (χ4v) is 3.67. The number of carbonyl (C=O) groups excluding carboxylic acids is 4. The molecule has 12 heteroatoms. The molecule has 1 saturated heterocycles.